The van der Waals surface area contributed by atoms with E-state index in [1.165, 1.54) is 25.3 Å². The molecular formula is C21H14K2N2O8. The molecule has 0 saturated carbocycles. The molecule has 2 aromatic heterocycles. The average Bonchev–Trinajstić information content (AvgIpc) is 3.15. The normalized spacial score (nSPS) is 10.3. The van der Waals surface area contributed by atoms with E-state index in [1.807, 2.05) is 0 Å². The van der Waals surface area contributed by atoms with Gasteiger partial charge in [0.2, 0.25) is 5.89 Å². The molecule has 0 aliphatic rings. The molecule has 158 valence electrons. The van der Waals surface area contributed by atoms with E-state index in [-0.39, 0.29) is 131 Å². The summed E-state index contributed by atoms with van der Waals surface area (Å²) >= 11 is 0. The Morgan fingerprint density at radius 2 is 1.67 bits per heavy atom. The summed E-state index contributed by atoms with van der Waals surface area (Å²) in [6, 6.07) is 11.3. The van der Waals surface area contributed by atoms with Gasteiger partial charge in [-0.25, -0.2) is 9.78 Å². The number of methoxy groups -OCH3 is 1. The number of ether oxygens (including phenoxy) is 1. The van der Waals surface area contributed by atoms with Crippen LogP contribution in [0.4, 0.5) is 5.69 Å². The van der Waals surface area contributed by atoms with Crippen molar-refractivity contribution in [2.75, 3.05) is 25.1 Å². The van der Waals surface area contributed by atoms with Crippen LogP contribution in [0.25, 0.3) is 33.5 Å². The van der Waals surface area contributed by atoms with Crippen LogP contribution in [0.15, 0.2) is 56.1 Å². The molecule has 0 amide bonds. The topological polar surface area (TPSA) is 149 Å². The van der Waals surface area contributed by atoms with E-state index < -0.39 is 30.7 Å². The Kier molecular flexibility index (Phi) is 10.3. The van der Waals surface area contributed by atoms with Gasteiger partial charge in [0.15, 0.2) is 5.58 Å². The van der Waals surface area contributed by atoms with E-state index >= 15 is 0 Å². The minimum Gasteiger partial charge on any atom is -0.548 e. The fraction of sp³-hybridized carbons (Fsp3) is 0.143. The van der Waals surface area contributed by atoms with Crippen LogP contribution in [0.3, 0.4) is 0 Å². The van der Waals surface area contributed by atoms with Gasteiger partial charge in [-0.1, -0.05) is 12.1 Å². The van der Waals surface area contributed by atoms with Gasteiger partial charge in [-0.2, -0.15) is 0 Å². The summed E-state index contributed by atoms with van der Waals surface area (Å²) in [7, 11) is 1.34. The number of oxazole rings is 1. The first-order valence-corrected chi connectivity index (χ1v) is 9.02. The van der Waals surface area contributed by atoms with E-state index in [2.05, 4.69) is 4.98 Å². The van der Waals surface area contributed by atoms with Crippen LogP contribution in [0.2, 0.25) is 0 Å². The molecule has 0 N–H and O–H groups in total. The first-order valence-electron chi connectivity index (χ1n) is 9.02. The van der Waals surface area contributed by atoms with Crippen molar-refractivity contribution >= 4 is 39.7 Å². The number of aromatic nitrogens is 1. The summed E-state index contributed by atoms with van der Waals surface area (Å²) in [4.78, 5) is 40.0. The van der Waals surface area contributed by atoms with E-state index in [0.29, 0.717) is 16.5 Å². The average molecular weight is 501 g/mol. The molecule has 0 fully saturated rings. The smallest absolute Gasteiger partial charge is 0.548 e. The SMILES string of the molecule is COc1cc2cc(-c3nc4ccccc4o3)c(=O)oc2cc1N(CC(=O)[O-])CC(=O)[O-].[K+].[K+]. The standard InChI is InChI=1S/C21H16N2O8.2K/c1-29-17-7-11-6-12(20-22-13-4-2-3-5-15(13)30-20)21(28)31-16(11)8-14(17)23(9-18(24)25)10-19(26)27;;/h2-8H,9-10H2,1H3,(H,24,25)(H,26,27);;/q;2*+1/p-2. The maximum Gasteiger partial charge on any atom is 1.00 e. The second-order valence-corrected chi connectivity index (χ2v) is 6.60. The van der Waals surface area contributed by atoms with Crippen molar-refractivity contribution in [3.8, 4) is 17.2 Å². The van der Waals surface area contributed by atoms with Crippen molar-refractivity contribution in [2.24, 2.45) is 0 Å². The van der Waals surface area contributed by atoms with Crippen LogP contribution in [-0.2, 0) is 9.59 Å². The first kappa shape index (κ1) is 28.2. The number of rotatable bonds is 7. The van der Waals surface area contributed by atoms with Gasteiger partial charge in [0.05, 0.1) is 37.8 Å². The third-order valence-electron chi connectivity index (χ3n) is 4.54. The molecule has 10 nitrogen and oxygen atoms in total. The number of hydrogen-bond donors (Lipinski definition) is 0. The number of anilines is 1. The quantitative estimate of drug-likeness (QED) is 0.177. The molecule has 0 spiro atoms. The Labute approximate surface area is 271 Å². The number of para-hydroxylation sites is 2. The van der Waals surface area contributed by atoms with Gasteiger partial charge < -0.3 is 38.3 Å². The van der Waals surface area contributed by atoms with Crippen LogP contribution in [-0.4, -0.2) is 37.1 Å². The Hall–Kier alpha value is -1.07. The van der Waals surface area contributed by atoms with Crippen LogP contribution < -0.4 is 128 Å². The van der Waals surface area contributed by atoms with E-state index in [4.69, 9.17) is 13.6 Å². The Morgan fingerprint density at radius 1 is 1.00 bits per heavy atom. The molecule has 4 aromatic rings. The number of aliphatic carboxylic acids is 2. The number of hydrogen-bond acceptors (Lipinski definition) is 10. The molecule has 0 bridgehead atoms. The molecule has 0 aliphatic carbocycles. The van der Waals surface area contributed by atoms with E-state index in [0.717, 1.165) is 4.90 Å². The summed E-state index contributed by atoms with van der Waals surface area (Å²) in [6.45, 7) is -1.47. The van der Waals surface area contributed by atoms with Crippen LogP contribution in [0, 0.1) is 0 Å². The fourth-order valence-electron chi connectivity index (χ4n) is 3.22. The fourth-order valence-corrected chi connectivity index (χ4v) is 3.22. The Balaban J connectivity index is 0.00000193. The van der Waals surface area contributed by atoms with Crippen molar-refractivity contribution in [3.05, 3.63) is 52.9 Å². The number of benzene rings is 2. The minimum atomic E-state index is -1.50. The minimum absolute atomic E-state index is 0. The molecule has 12 heteroatoms. The predicted octanol–water partition coefficient (Wildman–Crippen LogP) is -6.08. The van der Waals surface area contributed by atoms with Crippen molar-refractivity contribution in [1.29, 1.82) is 0 Å². The summed E-state index contributed by atoms with van der Waals surface area (Å²) in [5.74, 6) is -2.77. The second kappa shape index (κ2) is 12.1. The van der Waals surface area contributed by atoms with Gasteiger partial charge >= 0.3 is 108 Å². The molecule has 0 saturated heterocycles. The van der Waals surface area contributed by atoms with Gasteiger partial charge in [-0.05, 0) is 24.3 Å². The van der Waals surface area contributed by atoms with Gasteiger partial charge in [-0.3, -0.25) is 0 Å². The molecule has 33 heavy (non-hydrogen) atoms. The van der Waals surface area contributed by atoms with Crippen molar-refractivity contribution in [3.63, 3.8) is 0 Å². The van der Waals surface area contributed by atoms with Crippen LogP contribution in [0.5, 0.6) is 5.75 Å². The largest absolute Gasteiger partial charge is 1.00 e. The second-order valence-electron chi connectivity index (χ2n) is 6.60. The van der Waals surface area contributed by atoms with Crippen LogP contribution >= 0.6 is 0 Å². The van der Waals surface area contributed by atoms with Crippen molar-refractivity contribution in [1.82, 2.24) is 4.98 Å². The molecular weight excluding hydrogens is 486 g/mol. The molecule has 0 aliphatic heterocycles. The molecule has 0 radical (unpaired) electrons. The predicted molar refractivity (Wildman–Crippen MR) is 104 cm³/mol. The number of nitrogens with zero attached hydrogens (tertiary/aromatic N) is 2. The zero-order valence-electron chi connectivity index (χ0n) is 18.1. The van der Waals surface area contributed by atoms with Crippen molar-refractivity contribution < 1.29 is 136 Å². The zero-order chi connectivity index (χ0) is 22.1. The maximum atomic E-state index is 12.6. The van der Waals surface area contributed by atoms with Gasteiger partial charge in [0, 0.05) is 11.5 Å². The van der Waals surface area contributed by atoms with Crippen LogP contribution in [0.1, 0.15) is 0 Å². The third kappa shape index (κ3) is 6.34. The summed E-state index contributed by atoms with van der Waals surface area (Å²) in [5, 5.41) is 22.5. The first-order chi connectivity index (χ1) is 14.9. The van der Waals surface area contributed by atoms with E-state index in [9.17, 15) is 24.6 Å². The molecule has 4 rings (SSSR count). The van der Waals surface area contributed by atoms with E-state index in [1.54, 1.807) is 24.3 Å². The van der Waals surface area contributed by atoms with Crippen molar-refractivity contribution in [2.45, 2.75) is 0 Å². The number of carboxylic acid groups (broad SMARTS) is 2. The van der Waals surface area contributed by atoms with Gasteiger partial charge in [-0.15, -0.1) is 0 Å². The van der Waals surface area contributed by atoms with Gasteiger partial charge in [0.1, 0.15) is 22.4 Å². The molecule has 0 unspecified atom stereocenters. The molecule has 2 heterocycles. The number of carbonyl (C=O) groups excluding carboxylic acids is 2. The zero-order valence-corrected chi connectivity index (χ0v) is 24.4. The third-order valence-corrected chi connectivity index (χ3v) is 4.54. The number of fused-ring (bicyclic) bond motifs is 2. The summed E-state index contributed by atoms with van der Waals surface area (Å²) in [6.07, 6.45) is 0. The maximum absolute atomic E-state index is 12.6. The summed E-state index contributed by atoms with van der Waals surface area (Å²) < 4.78 is 16.3. The molecule has 2 aromatic carbocycles. The molecule has 0 atom stereocenters. The monoisotopic (exact) mass is 500 g/mol. The van der Waals surface area contributed by atoms with Gasteiger partial charge in [0.25, 0.3) is 0 Å². The Morgan fingerprint density at radius 3 is 2.27 bits per heavy atom. The summed E-state index contributed by atoms with van der Waals surface area (Å²) in [5.41, 5.74) is 0.597. The number of carbonyl (C=O) groups is 2. The Bertz CT molecular complexity index is 1330. The number of carboxylic acids is 2.